The van der Waals surface area contributed by atoms with Crippen molar-refractivity contribution in [2.24, 2.45) is 5.73 Å². The fraction of sp³-hybridized carbons (Fsp3) is 0.333. The lowest BCUT2D eigenvalue weighted by atomic mass is 10.1. The van der Waals surface area contributed by atoms with Crippen LogP contribution in [-0.2, 0) is 0 Å². The van der Waals surface area contributed by atoms with E-state index < -0.39 is 17.5 Å². The molecule has 0 aliphatic carbocycles. The molecule has 0 unspecified atom stereocenters. The highest BCUT2D eigenvalue weighted by Gasteiger charge is 2.23. The van der Waals surface area contributed by atoms with Gasteiger partial charge in [-0.3, -0.25) is 14.7 Å². The lowest BCUT2D eigenvalue weighted by molar-refractivity contribution is 0.100. The van der Waals surface area contributed by atoms with Crippen molar-refractivity contribution in [2.45, 2.75) is 6.92 Å². The van der Waals surface area contributed by atoms with Crippen LogP contribution in [-0.4, -0.2) is 66.8 Å². The Bertz CT molecular complexity index is 1200. The lowest BCUT2D eigenvalue weighted by Gasteiger charge is -2.36. The number of aliphatic hydroxyl groups is 1. The number of halogens is 2. The summed E-state index contributed by atoms with van der Waals surface area (Å²) in [5.41, 5.74) is 7.30. The van der Waals surface area contributed by atoms with Gasteiger partial charge in [0.1, 0.15) is 17.4 Å². The van der Waals surface area contributed by atoms with E-state index in [1.165, 1.54) is 12.3 Å². The number of nitrogens with zero attached hydrogens (tertiary/aromatic N) is 3. The molecule has 0 radical (unpaired) electrons. The molecule has 1 aliphatic rings. The summed E-state index contributed by atoms with van der Waals surface area (Å²) in [4.78, 5) is 20.9. The number of nitrogens with one attached hydrogen (secondary N) is 1. The molecule has 0 spiro atoms. The van der Waals surface area contributed by atoms with Gasteiger partial charge in [-0.1, -0.05) is 0 Å². The van der Waals surface area contributed by atoms with Gasteiger partial charge in [-0.05, 0) is 25.1 Å². The number of β-amino-alcohol motifs (C(OH)–C–C–N with tert-alkyl or cyclic N) is 1. The average Bonchev–Trinajstić information content (AvgIpc) is 2.81. The van der Waals surface area contributed by atoms with Gasteiger partial charge < -0.3 is 25.8 Å². The van der Waals surface area contributed by atoms with Crippen molar-refractivity contribution < 1.29 is 23.4 Å². The first-order valence-electron chi connectivity index (χ1n) is 11.1. The number of pyridine rings is 1. The number of ether oxygens (including phenoxy) is 1. The smallest absolute Gasteiger partial charge is 0.252 e. The number of primary amides is 1. The maximum atomic E-state index is 14.4. The van der Waals surface area contributed by atoms with E-state index in [0.717, 1.165) is 30.9 Å². The van der Waals surface area contributed by atoms with E-state index in [1.54, 1.807) is 6.07 Å². The number of carbonyl (C=O) groups is 1. The molecule has 2 aromatic carbocycles. The monoisotopic (exact) mass is 471 g/mol. The zero-order valence-electron chi connectivity index (χ0n) is 18.9. The molecule has 34 heavy (non-hydrogen) atoms. The molecule has 1 amide bonds. The Labute approximate surface area is 195 Å². The number of aliphatic hydroxyl groups excluding tert-OH is 1. The lowest BCUT2D eigenvalue weighted by Crippen LogP contribution is -2.47. The van der Waals surface area contributed by atoms with Crippen LogP contribution in [0, 0.1) is 11.6 Å². The summed E-state index contributed by atoms with van der Waals surface area (Å²) >= 11 is 0. The van der Waals surface area contributed by atoms with E-state index in [2.05, 4.69) is 20.1 Å². The zero-order chi connectivity index (χ0) is 24.2. The largest absolute Gasteiger partial charge is 0.492 e. The molecule has 3 aromatic rings. The van der Waals surface area contributed by atoms with Crippen molar-refractivity contribution in [1.82, 2.24) is 9.88 Å². The van der Waals surface area contributed by atoms with Crippen LogP contribution in [0.3, 0.4) is 0 Å². The number of hydrogen-bond donors (Lipinski definition) is 3. The molecule has 1 fully saturated rings. The molecule has 0 bridgehead atoms. The summed E-state index contributed by atoms with van der Waals surface area (Å²) in [5.74, 6) is -1.59. The van der Waals surface area contributed by atoms with E-state index in [9.17, 15) is 18.7 Å². The quantitative estimate of drug-likeness (QED) is 0.464. The van der Waals surface area contributed by atoms with Gasteiger partial charge in [0.05, 0.1) is 41.4 Å². The number of hydrogen-bond acceptors (Lipinski definition) is 7. The van der Waals surface area contributed by atoms with Crippen LogP contribution in [0.1, 0.15) is 17.3 Å². The Hall–Kier alpha value is -3.50. The highest BCUT2D eigenvalue weighted by atomic mass is 19.1. The van der Waals surface area contributed by atoms with Crippen LogP contribution >= 0.6 is 0 Å². The Morgan fingerprint density at radius 2 is 1.97 bits per heavy atom. The van der Waals surface area contributed by atoms with Crippen LogP contribution < -0.4 is 20.7 Å². The number of aromatic nitrogens is 1. The van der Waals surface area contributed by atoms with Gasteiger partial charge in [0, 0.05) is 56.4 Å². The third-order valence-corrected chi connectivity index (χ3v) is 5.83. The SMILES string of the molecule is CCOc1cc2ncc(C(N)=O)c(Nc3ccc(F)cc3F)c2cc1N1CCN(CCO)CC1. The molecule has 8 nitrogen and oxygen atoms in total. The van der Waals surface area contributed by atoms with E-state index in [1.807, 2.05) is 13.0 Å². The van der Waals surface area contributed by atoms with Crippen LogP contribution in [0.25, 0.3) is 10.9 Å². The minimum Gasteiger partial charge on any atom is -0.492 e. The third kappa shape index (κ3) is 4.87. The minimum atomic E-state index is -0.799. The molecule has 1 aliphatic heterocycles. The summed E-state index contributed by atoms with van der Waals surface area (Å²) in [5, 5.41) is 12.7. The van der Waals surface area contributed by atoms with E-state index in [-0.39, 0.29) is 23.5 Å². The summed E-state index contributed by atoms with van der Waals surface area (Å²) in [7, 11) is 0. The Morgan fingerprint density at radius 3 is 2.62 bits per heavy atom. The minimum absolute atomic E-state index is 0.00412. The molecule has 180 valence electrons. The van der Waals surface area contributed by atoms with Crippen LogP contribution in [0.15, 0.2) is 36.5 Å². The Morgan fingerprint density at radius 1 is 1.21 bits per heavy atom. The predicted molar refractivity (Wildman–Crippen MR) is 127 cm³/mol. The van der Waals surface area contributed by atoms with Crippen molar-refractivity contribution in [3.05, 3.63) is 53.7 Å². The molecule has 2 heterocycles. The summed E-state index contributed by atoms with van der Waals surface area (Å²) in [6.45, 7) is 6.04. The fourth-order valence-electron chi connectivity index (χ4n) is 4.13. The van der Waals surface area contributed by atoms with Crippen molar-refractivity contribution in [3.8, 4) is 5.75 Å². The number of piperazine rings is 1. The zero-order valence-corrected chi connectivity index (χ0v) is 18.9. The van der Waals surface area contributed by atoms with E-state index in [0.29, 0.717) is 42.9 Å². The molecule has 1 saturated heterocycles. The van der Waals surface area contributed by atoms with E-state index in [4.69, 9.17) is 10.5 Å². The first-order chi connectivity index (χ1) is 16.4. The number of nitrogens with two attached hydrogens (primary N) is 1. The third-order valence-electron chi connectivity index (χ3n) is 5.83. The maximum Gasteiger partial charge on any atom is 0.252 e. The van der Waals surface area contributed by atoms with Crippen LogP contribution in [0.4, 0.5) is 25.8 Å². The van der Waals surface area contributed by atoms with Gasteiger partial charge in [0.2, 0.25) is 0 Å². The number of rotatable bonds is 8. The number of fused-ring (bicyclic) bond motifs is 1. The van der Waals surface area contributed by atoms with E-state index >= 15 is 0 Å². The Kier molecular flexibility index (Phi) is 7.09. The van der Waals surface area contributed by atoms with Gasteiger partial charge in [-0.15, -0.1) is 0 Å². The Balaban J connectivity index is 1.82. The van der Waals surface area contributed by atoms with Crippen molar-refractivity contribution in [2.75, 3.05) is 56.2 Å². The summed E-state index contributed by atoms with van der Waals surface area (Å²) < 4.78 is 33.7. The topological polar surface area (TPSA) is 104 Å². The molecule has 10 heteroatoms. The standard InChI is InChI=1S/C24H27F2N5O3/c1-2-34-22-13-20-16(12-21(22)31-7-5-30(6-8-31)9-10-32)23(17(14-28-20)24(27)33)29-19-4-3-15(25)11-18(19)26/h3-4,11-14,32H,2,5-10H2,1H3,(H2,27,33)(H,28,29). The van der Waals surface area contributed by atoms with Crippen molar-refractivity contribution in [3.63, 3.8) is 0 Å². The number of benzene rings is 2. The van der Waals surface area contributed by atoms with Crippen molar-refractivity contribution in [1.29, 1.82) is 0 Å². The van der Waals surface area contributed by atoms with Gasteiger partial charge >= 0.3 is 0 Å². The van der Waals surface area contributed by atoms with Crippen LogP contribution in [0.2, 0.25) is 0 Å². The normalized spacial score (nSPS) is 14.4. The maximum absolute atomic E-state index is 14.4. The van der Waals surface area contributed by atoms with Crippen LogP contribution in [0.5, 0.6) is 5.75 Å². The molecule has 0 saturated carbocycles. The summed E-state index contributed by atoms with van der Waals surface area (Å²) in [6.07, 6.45) is 1.33. The van der Waals surface area contributed by atoms with Gasteiger partial charge in [0.15, 0.2) is 0 Å². The predicted octanol–water partition coefficient (Wildman–Crippen LogP) is 2.87. The van der Waals surface area contributed by atoms with Gasteiger partial charge in [-0.25, -0.2) is 8.78 Å². The highest BCUT2D eigenvalue weighted by Crippen LogP contribution is 2.38. The molecule has 4 rings (SSSR count). The second-order valence-electron chi connectivity index (χ2n) is 7.98. The molecule has 0 atom stereocenters. The second kappa shape index (κ2) is 10.2. The van der Waals surface area contributed by atoms with Gasteiger partial charge in [-0.2, -0.15) is 0 Å². The molecular formula is C24H27F2N5O3. The molecular weight excluding hydrogens is 444 g/mol. The molecule has 1 aromatic heterocycles. The van der Waals surface area contributed by atoms with Gasteiger partial charge in [0.25, 0.3) is 5.91 Å². The second-order valence-corrected chi connectivity index (χ2v) is 7.98. The molecule has 4 N–H and O–H groups in total. The number of anilines is 3. The number of amides is 1. The summed E-state index contributed by atoms with van der Waals surface area (Å²) in [6, 6.07) is 6.79. The first-order valence-corrected chi connectivity index (χ1v) is 11.1. The number of carbonyl (C=O) groups excluding carboxylic acids is 1. The highest BCUT2D eigenvalue weighted by molar-refractivity contribution is 6.08. The average molecular weight is 472 g/mol. The first kappa shape index (κ1) is 23.7. The van der Waals surface area contributed by atoms with Crippen molar-refractivity contribution >= 4 is 33.9 Å². The fourth-order valence-corrected chi connectivity index (χ4v) is 4.13.